The topological polar surface area (TPSA) is 70.3 Å². The van der Waals surface area contributed by atoms with Crippen molar-refractivity contribution in [3.8, 4) is 16.9 Å². The van der Waals surface area contributed by atoms with Gasteiger partial charge in [0.15, 0.2) is 17.3 Å². The van der Waals surface area contributed by atoms with Crippen molar-refractivity contribution in [2.24, 2.45) is 0 Å². The normalized spacial score (nSPS) is 9.40. The first-order valence-corrected chi connectivity index (χ1v) is 4.89. The zero-order valence-electron chi connectivity index (χ0n) is 8.27. The van der Waals surface area contributed by atoms with E-state index in [0.717, 1.165) is 11.8 Å². The van der Waals surface area contributed by atoms with E-state index in [1.54, 1.807) is 0 Å². The lowest BCUT2D eigenvalue weighted by Crippen LogP contribution is -1.95. The molecule has 15 heavy (non-hydrogen) atoms. The number of methoxy groups -OCH3 is 1. The molecule has 0 spiro atoms. The van der Waals surface area contributed by atoms with Crippen LogP contribution in [0, 0.1) is 10.7 Å². The summed E-state index contributed by atoms with van der Waals surface area (Å²) in [5.41, 5.74) is 0.405. The molecule has 0 saturated heterocycles. The average molecular weight is 223 g/mol. The Morgan fingerprint density at radius 2 is 2.27 bits per heavy atom. The Labute approximate surface area is 91.5 Å². The number of thiocyanates is 1. The van der Waals surface area contributed by atoms with Crippen LogP contribution in [0.5, 0.6) is 11.5 Å². The van der Waals surface area contributed by atoms with E-state index in [1.165, 1.54) is 26.2 Å². The fraction of sp³-hybridized carbons (Fsp3) is 0.200. The molecule has 0 fully saturated rings. The van der Waals surface area contributed by atoms with E-state index in [1.807, 2.05) is 5.40 Å². The van der Waals surface area contributed by atoms with Gasteiger partial charge in [0.1, 0.15) is 5.40 Å². The summed E-state index contributed by atoms with van der Waals surface area (Å²) in [6.07, 6.45) is 0. The Morgan fingerprint density at radius 3 is 2.73 bits per heavy atom. The molecule has 0 saturated carbocycles. The number of carbonyl (C=O) groups excluding carboxylic acids is 1. The summed E-state index contributed by atoms with van der Waals surface area (Å²) >= 11 is 0.786. The Morgan fingerprint density at radius 1 is 1.60 bits per heavy atom. The fourth-order valence-electron chi connectivity index (χ4n) is 1.07. The molecular formula is C10H9NO3S. The van der Waals surface area contributed by atoms with Crippen LogP contribution in [0.25, 0.3) is 0 Å². The zero-order valence-corrected chi connectivity index (χ0v) is 9.09. The van der Waals surface area contributed by atoms with Gasteiger partial charge in [-0.2, -0.15) is 5.26 Å². The van der Waals surface area contributed by atoms with Crippen LogP contribution in [-0.2, 0) is 0 Å². The van der Waals surface area contributed by atoms with Gasteiger partial charge < -0.3 is 9.84 Å². The largest absolute Gasteiger partial charge is 0.503 e. The first-order chi connectivity index (χ1) is 7.10. The van der Waals surface area contributed by atoms with Crippen molar-refractivity contribution >= 4 is 17.5 Å². The first-order valence-electron chi connectivity index (χ1n) is 4.08. The summed E-state index contributed by atoms with van der Waals surface area (Å²) in [5.74, 6) is -0.0670. The van der Waals surface area contributed by atoms with Gasteiger partial charge in [0.2, 0.25) is 0 Å². The van der Waals surface area contributed by atoms with E-state index in [4.69, 9.17) is 10.00 Å². The summed E-state index contributed by atoms with van der Waals surface area (Å²) in [7, 11) is 1.39. The van der Waals surface area contributed by atoms with Gasteiger partial charge in [-0.05, 0) is 30.8 Å². The van der Waals surface area contributed by atoms with E-state index in [9.17, 15) is 9.90 Å². The van der Waals surface area contributed by atoms with Crippen LogP contribution in [-0.4, -0.2) is 18.0 Å². The second-order valence-corrected chi connectivity index (χ2v) is 3.60. The van der Waals surface area contributed by atoms with Gasteiger partial charge in [-0.1, -0.05) is 0 Å². The number of carbonyl (C=O) groups is 1. The quantitative estimate of drug-likeness (QED) is 0.483. The molecule has 1 N–H and O–H groups in total. The van der Waals surface area contributed by atoms with Crippen molar-refractivity contribution in [1.29, 1.82) is 5.26 Å². The fourth-order valence-corrected chi connectivity index (χ4v) is 1.55. The van der Waals surface area contributed by atoms with E-state index >= 15 is 0 Å². The highest BCUT2D eigenvalue weighted by Gasteiger charge is 2.13. The van der Waals surface area contributed by atoms with Crippen LogP contribution in [0.1, 0.15) is 17.3 Å². The molecule has 1 rings (SSSR count). The first kappa shape index (κ1) is 11.4. The molecule has 1 aromatic rings. The number of ether oxygens (including phenoxy) is 1. The molecule has 5 heteroatoms. The van der Waals surface area contributed by atoms with Crippen LogP contribution < -0.4 is 4.74 Å². The van der Waals surface area contributed by atoms with Gasteiger partial charge >= 0.3 is 0 Å². The number of aromatic hydroxyl groups is 1. The molecule has 0 aliphatic rings. The van der Waals surface area contributed by atoms with Crippen molar-refractivity contribution in [1.82, 2.24) is 0 Å². The van der Waals surface area contributed by atoms with Gasteiger partial charge in [0, 0.05) is 5.56 Å². The maximum Gasteiger partial charge on any atom is 0.172 e. The predicted molar refractivity (Wildman–Crippen MR) is 56.1 cm³/mol. The Kier molecular flexibility index (Phi) is 3.58. The second kappa shape index (κ2) is 4.71. The number of hydrogen-bond acceptors (Lipinski definition) is 5. The van der Waals surface area contributed by atoms with Gasteiger partial charge in [-0.3, -0.25) is 4.79 Å². The molecular weight excluding hydrogens is 214 g/mol. The maximum atomic E-state index is 11.2. The lowest BCUT2D eigenvalue weighted by atomic mass is 10.1. The van der Waals surface area contributed by atoms with Crippen LogP contribution >= 0.6 is 11.8 Å². The predicted octanol–water partition coefficient (Wildman–Crippen LogP) is 2.18. The van der Waals surface area contributed by atoms with Crippen molar-refractivity contribution < 1.29 is 14.6 Å². The molecule has 78 valence electrons. The zero-order chi connectivity index (χ0) is 11.4. The standard InChI is InChI=1S/C10H9NO3S/c1-6(12)7-3-8(14-2)10(13)9(4-7)15-5-11/h3-4,13H,1-2H3. The molecule has 0 atom stereocenters. The monoisotopic (exact) mass is 223 g/mol. The Balaban J connectivity index is 3.32. The van der Waals surface area contributed by atoms with E-state index in [-0.39, 0.29) is 17.3 Å². The molecule has 0 bridgehead atoms. The summed E-state index contributed by atoms with van der Waals surface area (Å²) in [6, 6.07) is 2.91. The SMILES string of the molecule is COc1cc(C(C)=O)cc(SC#N)c1O. The number of phenolic OH excluding ortho intramolecular Hbond substituents is 1. The van der Waals surface area contributed by atoms with E-state index < -0.39 is 0 Å². The number of nitrogens with zero attached hydrogens (tertiary/aromatic N) is 1. The summed E-state index contributed by atoms with van der Waals surface area (Å²) in [4.78, 5) is 11.5. The third kappa shape index (κ3) is 2.42. The molecule has 0 unspecified atom stereocenters. The van der Waals surface area contributed by atoms with Gasteiger partial charge in [-0.25, -0.2) is 0 Å². The van der Waals surface area contributed by atoms with Gasteiger partial charge in [0.05, 0.1) is 12.0 Å². The summed E-state index contributed by atoms with van der Waals surface area (Å²) in [5, 5.41) is 20.0. The highest BCUT2D eigenvalue weighted by atomic mass is 32.2. The summed E-state index contributed by atoms with van der Waals surface area (Å²) < 4.78 is 4.90. The number of ketones is 1. The van der Waals surface area contributed by atoms with Crippen LogP contribution in [0.4, 0.5) is 0 Å². The number of hydrogen-bond donors (Lipinski definition) is 1. The molecule has 0 heterocycles. The number of Topliss-reactive ketones (excluding diaryl/α,β-unsaturated/α-hetero) is 1. The lowest BCUT2D eigenvalue weighted by molar-refractivity contribution is 0.101. The number of thioether (sulfide) groups is 1. The Bertz CT molecular complexity index is 437. The minimum atomic E-state index is -0.145. The Hall–Kier alpha value is -1.67. The minimum Gasteiger partial charge on any atom is -0.503 e. The molecule has 0 aliphatic heterocycles. The molecule has 0 aliphatic carbocycles. The van der Waals surface area contributed by atoms with Crippen LogP contribution in [0.15, 0.2) is 17.0 Å². The van der Waals surface area contributed by atoms with Crippen LogP contribution in [0.3, 0.4) is 0 Å². The molecule has 4 nitrogen and oxygen atoms in total. The molecule has 0 aromatic heterocycles. The van der Waals surface area contributed by atoms with Crippen molar-refractivity contribution in [3.63, 3.8) is 0 Å². The smallest absolute Gasteiger partial charge is 0.172 e. The lowest BCUT2D eigenvalue weighted by Gasteiger charge is -2.08. The number of benzene rings is 1. The third-order valence-electron chi connectivity index (χ3n) is 1.82. The second-order valence-electron chi connectivity index (χ2n) is 2.77. The third-order valence-corrected chi connectivity index (χ3v) is 2.44. The van der Waals surface area contributed by atoms with E-state index in [0.29, 0.717) is 10.5 Å². The number of nitriles is 1. The highest BCUT2D eigenvalue weighted by Crippen LogP contribution is 2.37. The maximum absolute atomic E-state index is 11.2. The van der Waals surface area contributed by atoms with E-state index in [2.05, 4.69) is 0 Å². The molecule has 0 amide bonds. The van der Waals surface area contributed by atoms with Crippen LogP contribution in [0.2, 0.25) is 0 Å². The number of rotatable bonds is 3. The molecule has 0 radical (unpaired) electrons. The number of phenols is 1. The highest BCUT2D eigenvalue weighted by molar-refractivity contribution is 8.03. The van der Waals surface area contributed by atoms with Crippen molar-refractivity contribution in [2.45, 2.75) is 11.8 Å². The molecule has 1 aromatic carbocycles. The van der Waals surface area contributed by atoms with Gasteiger partial charge in [-0.15, -0.1) is 0 Å². The van der Waals surface area contributed by atoms with Crippen molar-refractivity contribution in [2.75, 3.05) is 7.11 Å². The average Bonchev–Trinajstić information content (AvgIpc) is 2.21. The minimum absolute atomic E-state index is 0.117. The summed E-state index contributed by atoms with van der Waals surface area (Å²) in [6.45, 7) is 1.41. The van der Waals surface area contributed by atoms with Crippen molar-refractivity contribution in [3.05, 3.63) is 17.7 Å². The van der Waals surface area contributed by atoms with Gasteiger partial charge in [0.25, 0.3) is 0 Å².